The van der Waals surface area contributed by atoms with E-state index in [2.05, 4.69) is 15.6 Å². The fourth-order valence-corrected chi connectivity index (χ4v) is 4.00. The highest BCUT2D eigenvalue weighted by Gasteiger charge is 2.34. The van der Waals surface area contributed by atoms with E-state index in [1.165, 1.54) is 12.5 Å². The maximum absolute atomic E-state index is 12.6. The topological polar surface area (TPSA) is 135 Å². The van der Waals surface area contributed by atoms with Gasteiger partial charge in [0.2, 0.25) is 0 Å². The summed E-state index contributed by atoms with van der Waals surface area (Å²) < 4.78 is 0. The molecule has 2 amide bonds. The molecule has 5 N–H and O–H groups in total. The lowest BCUT2D eigenvalue weighted by Crippen LogP contribution is -2.53. The third-order valence-corrected chi connectivity index (χ3v) is 6.00. The van der Waals surface area contributed by atoms with Crippen LogP contribution < -0.4 is 10.6 Å². The quantitative estimate of drug-likeness (QED) is 0.476. The molecule has 0 spiro atoms. The summed E-state index contributed by atoms with van der Waals surface area (Å²) in [6, 6.07) is 7.77. The van der Waals surface area contributed by atoms with Gasteiger partial charge in [0.15, 0.2) is 0 Å². The fraction of sp³-hybridized carbons (Fsp3) is 0.409. The molecule has 1 aliphatic carbocycles. The molecule has 1 saturated carbocycles. The van der Waals surface area contributed by atoms with E-state index in [4.69, 9.17) is 0 Å². The van der Waals surface area contributed by atoms with Crippen molar-refractivity contribution in [3.8, 4) is 5.75 Å². The van der Waals surface area contributed by atoms with Gasteiger partial charge in [0.1, 0.15) is 11.6 Å². The number of amides is 2. The van der Waals surface area contributed by atoms with E-state index in [0.717, 1.165) is 23.3 Å². The molecule has 0 bridgehead atoms. The number of aromatic hydroxyl groups is 1. The van der Waals surface area contributed by atoms with Crippen LogP contribution in [0, 0.1) is 0 Å². The number of carboxylic acid groups (broad SMARTS) is 1. The Bertz CT molecular complexity index is 978. The van der Waals surface area contributed by atoms with Gasteiger partial charge in [-0.05, 0) is 61.1 Å². The number of hydrogen-bond donors (Lipinski definition) is 5. The zero-order valence-electron chi connectivity index (χ0n) is 17.0. The van der Waals surface area contributed by atoms with Crippen LogP contribution in [0.3, 0.4) is 0 Å². The van der Waals surface area contributed by atoms with Crippen LogP contribution in [0.25, 0.3) is 0 Å². The lowest BCUT2D eigenvalue weighted by atomic mass is 9.91. The lowest BCUT2D eigenvalue weighted by molar-refractivity contribution is 0.0382. The van der Waals surface area contributed by atoms with Crippen LogP contribution >= 0.6 is 0 Å². The highest BCUT2D eigenvalue weighted by molar-refractivity contribution is 5.94. The standard InChI is InChI=1S/C22H26N4O5/c27-17-5-4-13-9-18(26(22(30)31)12-15(13)8-17)19(28)11-24-21(29)14-6-7-23-20(10-14)25-16-2-1-3-16/h4-8,10,16,18-19,27-28H,1-3,9,11-12H2,(H,23,25)(H,24,29)(H,30,31)/t18-,19+/m0/s1. The van der Waals surface area contributed by atoms with Crippen molar-refractivity contribution in [1.82, 2.24) is 15.2 Å². The maximum atomic E-state index is 12.6. The summed E-state index contributed by atoms with van der Waals surface area (Å²) in [4.78, 5) is 29.7. The van der Waals surface area contributed by atoms with Gasteiger partial charge in [-0.25, -0.2) is 9.78 Å². The number of aromatic nitrogens is 1. The molecular formula is C22H26N4O5. The van der Waals surface area contributed by atoms with Gasteiger partial charge in [0.25, 0.3) is 5.91 Å². The largest absolute Gasteiger partial charge is 0.508 e. The number of benzene rings is 1. The van der Waals surface area contributed by atoms with Crippen molar-refractivity contribution in [2.24, 2.45) is 0 Å². The van der Waals surface area contributed by atoms with Crippen molar-refractivity contribution in [3.63, 3.8) is 0 Å². The van der Waals surface area contributed by atoms with Crippen LogP contribution in [0.4, 0.5) is 10.6 Å². The number of phenols is 1. The maximum Gasteiger partial charge on any atom is 0.407 e. The monoisotopic (exact) mass is 426 g/mol. The van der Waals surface area contributed by atoms with Crippen LogP contribution in [0.1, 0.15) is 40.7 Å². The predicted molar refractivity (Wildman–Crippen MR) is 113 cm³/mol. The third kappa shape index (κ3) is 4.72. The predicted octanol–water partition coefficient (Wildman–Crippen LogP) is 1.95. The van der Waals surface area contributed by atoms with Crippen LogP contribution in [-0.2, 0) is 13.0 Å². The van der Waals surface area contributed by atoms with Crippen molar-refractivity contribution in [2.75, 3.05) is 11.9 Å². The smallest absolute Gasteiger partial charge is 0.407 e. The zero-order valence-corrected chi connectivity index (χ0v) is 17.0. The summed E-state index contributed by atoms with van der Waals surface area (Å²) in [5, 5.41) is 35.9. The van der Waals surface area contributed by atoms with Crippen molar-refractivity contribution < 1.29 is 24.9 Å². The third-order valence-electron chi connectivity index (χ3n) is 6.00. The highest BCUT2D eigenvalue weighted by Crippen LogP contribution is 2.28. The minimum Gasteiger partial charge on any atom is -0.508 e. The molecule has 164 valence electrons. The SMILES string of the molecule is O=C(NC[C@@H](O)[C@@H]1Cc2ccc(O)cc2CN1C(=O)O)c1ccnc(NC2CCC2)c1. The number of nitrogens with one attached hydrogen (secondary N) is 2. The molecular weight excluding hydrogens is 400 g/mol. The summed E-state index contributed by atoms with van der Waals surface area (Å²) in [6.07, 6.45) is 2.98. The molecule has 0 saturated heterocycles. The summed E-state index contributed by atoms with van der Waals surface area (Å²) in [5.41, 5.74) is 1.99. The summed E-state index contributed by atoms with van der Waals surface area (Å²) in [7, 11) is 0. The van der Waals surface area contributed by atoms with E-state index in [-0.39, 0.29) is 24.7 Å². The normalized spacial score (nSPS) is 19.1. The molecule has 9 nitrogen and oxygen atoms in total. The van der Waals surface area contributed by atoms with E-state index >= 15 is 0 Å². The number of carbonyl (C=O) groups excluding carboxylic acids is 1. The van der Waals surface area contributed by atoms with Gasteiger partial charge >= 0.3 is 6.09 Å². The molecule has 2 aliphatic rings. The molecule has 1 fully saturated rings. The number of nitrogens with zero attached hydrogens (tertiary/aromatic N) is 2. The second-order valence-electron chi connectivity index (χ2n) is 8.11. The Morgan fingerprint density at radius 3 is 2.71 bits per heavy atom. The van der Waals surface area contributed by atoms with Crippen LogP contribution in [-0.4, -0.2) is 61.9 Å². The van der Waals surface area contributed by atoms with Crippen molar-refractivity contribution >= 4 is 17.8 Å². The minimum absolute atomic E-state index is 0.0648. The molecule has 0 unspecified atom stereocenters. The molecule has 2 aromatic rings. The molecule has 2 atom stereocenters. The van der Waals surface area contributed by atoms with Crippen LogP contribution in [0.5, 0.6) is 5.75 Å². The number of rotatable bonds is 6. The number of anilines is 1. The lowest BCUT2D eigenvalue weighted by Gasteiger charge is -2.37. The van der Waals surface area contributed by atoms with Crippen molar-refractivity contribution in [3.05, 3.63) is 53.2 Å². The summed E-state index contributed by atoms with van der Waals surface area (Å²) >= 11 is 0. The average molecular weight is 426 g/mol. The number of hydrogen-bond acceptors (Lipinski definition) is 6. The fourth-order valence-electron chi connectivity index (χ4n) is 4.00. The average Bonchev–Trinajstić information content (AvgIpc) is 2.73. The first-order chi connectivity index (χ1) is 14.9. The Hall–Kier alpha value is -3.33. The van der Waals surface area contributed by atoms with E-state index < -0.39 is 18.2 Å². The van der Waals surface area contributed by atoms with Gasteiger partial charge in [0.05, 0.1) is 12.1 Å². The van der Waals surface area contributed by atoms with Gasteiger partial charge in [-0.2, -0.15) is 0 Å². The number of pyridine rings is 1. The van der Waals surface area contributed by atoms with Crippen molar-refractivity contribution in [1.29, 1.82) is 0 Å². The first-order valence-corrected chi connectivity index (χ1v) is 10.4. The number of aliphatic hydroxyl groups is 1. The zero-order chi connectivity index (χ0) is 22.0. The second kappa shape index (κ2) is 8.81. The molecule has 4 rings (SSSR count). The van der Waals surface area contributed by atoms with Crippen LogP contribution in [0.2, 0.25) is 0 Å². The van der Waals surface area contributed by atoms with E-state index in [0.29, 0.717) is 29.4 Å². The molecule has 1 aromatic carbocycles. The Morgan fingerprint density at radius 2 is 2.00 bits per heavy atom. The Labute approximate surface area is 179 Å². The first kappa shape index (κ1) is 20.9. The molecule has 0 radical (unpaired) electrons. The van der Waals surface area contributed by atoms with Gasteiger partial charge in [0, 0.05) is 30.9 Å². The van der Waals surface area contributed by atoms with Crippen LogP contribution in [0.15, 0.2) is 36.5 Å². The number of aliphatic hydroxyl groups excluding tert-OH is 1. The molecule has 9 heteroatoms. The van der Waals surface area contributed by atoms with E-state index in [9.17, 15) is 24.9 Å². The minimum atomic E-state index is -1.16. The van der Waals surface area contributed by atoms with Gasteiger partial charge < -0.3 is 26.0 Å². The molecule has 1 aromatic heterocycles. The Morgan fingerprint density at radius 1 is 1.19 bits per heavy atom. The van der Waals surface area contributed by atoms with Crippen molar-refractivity contribution in [2.45, 2.75) is 50.4 Å². The number of fused-ring (bicyclic) bond motifs is 1. The van der Waals surface area contributed by atoms with E-state index in [1.54, 1.807) is 30.5 Å². The Kier molecular flexibility index (Phi) is 5.94. The van der Waals surface area contributed by atoms with Gasteiger partial charge in [-0.1, -0.05) is 6.07 Å². The Balaban J connectivity index is 1.39. The second-order valence-corrected chi connectivity index (χ2v) is 8.11. The molecule has 1 aliphatic heterocycles. The number of carbonyl (C=O) groups is 2. The summed E-state index contributed by atoms with van der Waals surface area (Å²) in [6.45, 7) is -0.0241. The number of phenolic OH excluding ortho intramolecular Hbond substituents is 1. The molecule has 2 heterocycles. The van der Waals surface area contributed by atoms with Gasteiger partial charge in [-0.3, -0.25) is 9.69 Å². The van der Waals surface area contributed by atoms with Gasteiger partial charge in [-0.15, -0.1) is 0 Å². The first-order valence-electron chi connectivity index (χ1n) is 10.4. The van der Waals surface area contributed by atoms with E-state index in [1.807, 2.05) is 0 Å². The highest BCUT2D eigenvalue weighted by atomic mass is 16.4. The summed E-state index contributed by atoms with van der Waals surface area (Å²) in [5.74, 6) is 0.349. The molecule has 31 heavy (non-hydrogen) atoms.